The minimum absolute atomic E-state index is 0.00867. The van der Waals surface area contributed by atoms with Gasteiger partial charge in [-0.25, -0.2) is 12.7 Å². The quantitative estimate of drug-likeness (QED) is 0.447. The first-order valence-corrected chi connectivity index (χ1v) is 9.38. The summed E-state index contributed by atoms with van der Waals surface area (Å²) < 4.78 is 25.1. The van der Waals surface area contributed by atoms with Crippen molar-refractivity contribution in [2.75, 3.05) is 19.4 Å². The van der Waals surface area contributed by atoms with Gasteiger partial charge in [-0.15, -0.1) is 0 Å². The Kier molecular flexibility index (Phi) is 6.32. The van der Waals surface area contributed by atoms with Gasteiger partial charge in [0.25, 0.3) is 5.69 Å². The first-order chi connectivity index (χ1) is 12.6. The van der Waals surface area contributed by atoms with Crippen molar-refractivity contribution in [3.8, 4) is 0 Å². The minimum Gasteiger partial charge on any atom is -0.323 e. The molecule has 0 aromatic heterocycles. The highest BCUT2D eigenvalue weighted by atomic mass is 35.5. The van der Waals surface area contributed by atoms with Gasteiger partial charge in [0, 0.05) is 31.9 Å². The van der Waals surface area contributed by atoms with Crippen molar-refractivity contribution < 1.29 is 18.1 Å². The summed E-state index contributed by atoms with van der Waals surface area (Å²) in [4.78, 5) is 22.3. The zero-order valence-corrected chi connectivity index (χ0v) is 16.0. The van der Waals surface area contributed by atoms with Crippen molar-refractivity contribution in [3.63, 3.8) is 0 Å². The Morgan fingerprint density at radius 3 is 2.37 bits per heavy atom. The van der Waals surface area contributed by atoms with E-state index in [1.54, 1.807) is 6.07 Å². The maximum atomic E-state index is 12.0. The number of benzene rings is 2. The summed E-state index contributed by atoms with van der Waals surface area (Å²) >= 11 is 5.73. The molecule has 1 amide bonds. The van der Waals surface area contributed by atoms with Crippen molar-refractivity contribution in [1.82, 2.24) is 4.31 Å². The Hall–Kier alpha value is -2.75. The van der Waals surface area contributed by atoms with Gasteiger partial charge in [0.1, 0.15) is 5.02 Å². The first kappa shape index (κ1) is 20.6. The van der Waals surface area contributed by atoms with Crippen LogP contribution in [0.5, 0.6) is 0 Å². The third kappa shape index (κ3) is 5.13. The Bertz CT molecular complexity index is 1000. The van der Waals surface area contributed by atoms with Crippen molar-refractivity contribution in [1.29, 1.82) is 0 Å². The highest BCUT2D eigenvalue weighted by Gasteiger charge is 2.16. The van der Waals surface area contributed by atoms with Gasteiger partial charge < -0.3 is 5.32 Å². The summed E-state index contributed by atoms with van der Waals surface area (Å²) in [6.07, 6.45) is 2.61. The Labute approximate surface area is 161 Å². The highest BCUT2D eigenvalue weighted by molar-refractivity contribution is 7.89. The zero-order chi connectivity index (χ0) is 20.2. The number of carbonyl (C=O) groups excluding carboxylic acids is 1. The van der Waals surface area contributed by atoms with Gasteiger partial charge in [-0.3, -0.25) is 14.9 Å². The van der Waals surface area contributed by atoms with Gasteiger partial charge in [-0.2, -0.15) is 0 Å². The molecule has 142 valence electrons. The van der Waals surface area contributed by atoms with Gasteiger partial charge in [0.2, 0.25) is 15.9 Å². The highest BCUT2D eigenvalue weighted by Crippen LogP contribution is 2.25. The van der Waals surface area contributed by atoms with Gasteiger partial charge in [-0.1, -0.05) is 17.7 Å². The van der Waals surface area contributed by atoms with E-state index in [1.807, 2.05) is 0 Å². The molecule has 0 radical (unpaired) electrons. The van der Waals surface area contributed by atoms with Crippen LogP contribution in [0.15, 0.2) is 53.4 Å². The number of carbonyl (C=O) groups is 1. The van der Waals surface area contributed by atoms with Gasteiger partial charge >= 0.3 is 0 Å². The summed E-state index contributed by atoms with van der Waals surface area (Å²) in [5.41, 5.74) is 0.593. The maximum Gasteiger partial charge on any atom is 0.288 e. The fourth-order valence-electron chi connectivity index (χ4n) is 2.05. The predicted molar refractivity (Wildman–Crippen MR) is 103 cm³/mol. The summed E-state index contributed by atoms with van der Waals surface area (Å²) in [5.74, 6) is -0.476. The van der Waals surface area contributed by atoms with Crippen LogP contribution in [-0.2, 0) is 14.8 Å². The predicted octanol–water partition coefficient (Wildman–Crippen LogP) is 3.15. The van der Waals surface area contributed by atoms with Crippen LogP contribution in [0.1, 0.15) is 5.56 Å². The molecule has 2 aromatic carbocycles. The van der Waals surface area contributed by atoms with Crippen LogP contribution in [0, 0.1) is 10.1 Å². The molecule has 0 atom stereocenters. The van der Waals surface area contributed by atoms with E-state index in [-0.39, 0.29) is 15.6 Å². The van der Waals surface area contributed by atoms with E-state index in [2.05, 4.69) is 5.32 Å². The molecule has 10 heteroatoms. The number of sulfonamides is 1. The lowest BCUT2D eigenvalue weighted by Crippen LogP contribution is -2.22. The van der Waals surface area contributed by atoms with E-state index in [9.17, 15) is 23.3 Å². The fourth-order valence-corrected chi connectivity index (χ4v) is 3.14. The lowest BCUT2D eigenvalue weighted by Gasteiger charge is -2.11. The van der Waals surface area contributed by atoms with E-state index in [4.69, 9.17) is 11.6 Å². The van der Waals surface area contributed by atoms with Crippen LogP contribution < -0.4 is 5.32 Å². The molecule has 8 nitrogen and oxygen atoms in total. The fraction of sp³-hybridized carbons (Fsp3) is 0.118. The number of anilines is 1. The second-order valence-corrected chi connectivity index (χ2v) is 8.16. The minimum atomic E-state index is -3.54. The van der Waals surface area contributed by atoms with Gasteiger partial charge in [0.15, 0.2) is 0 Å². The first-order valence-electron chi connectivity index (χ1n) is 7.57. The normalized spacial score (nSPS) is 11.7. The molecular weight excluding hydrogens is 394 g/mol. The van der Waals surface area contributed by atoms with E-state index < -0.39 is 20.9 Å². The van der Waals surface area contributed by atoms with Crippen LogP contribution in [0.4, 0.5) is 11.4 Å². The summed E-state index contributed by atoms with van der Waals surface area (Å²) in [7, 11) is -0.687. The molecule has 0 saturated carbocycles. The van der Waals surface area contributed by atoms with E-state index in [0.717, 1.165) is 4.31 Å². The lowest BCUT2D eigenvalue weighted by atomic mass is 10.2. The molecule has 0 heterocycles. The topological polar surface area (TPSA) is 110 Å². The summed E-state index contributed by atoms with van der Waals surface area (Å²) in [5, 5.41) is 13.4. The molecule has 1 N–H and O–H groups in total. The van der Waals surface area contributed by atoms with Crippen LogP contribution in [0.2, 0.25) is 5.02 Å². The Balaban J connectivity index is 2.09. The number of nitrogens with zero attached hydrogens (tertiary/aromatic N) is 2. The van der Waals surface area contributed by atoms with Crippen LogP contribution in [-0.4, -0.2) is 37.6 Å². The molecule has 0 aliphatic heterocycles. The molecule has 0 bridgehead atoms. The summed E-state index contributed by atoms with van der Waals surface area (Å²) in [6, 6.07) is 9.88. The molecule has 0 unspecified atom stereocenters. The number of halogens is 1. The van der Waals surface area contributed by atoms with Crippen molar-refractivity contribution >= 4 is 45.0 Å². The van der Waals surface area contributed by atoms with Gasteiger partial charge in [-0.05, 0) is 42.0 Å². The molecule has 0 aliphatic rings. The zero-order valence-electron chi connectivity index (χ0n) is 14.4. The molecule has 0 spiro atoms. The number of amides is 1. The second kappa shape index (κ2) is 8.30. The smallest absolute Gasteiger partial charge is 0.288 e. The maximum absolute atomic E-state index is 12.0. The number of hydrogen-bond acceptors (Lipinski definition) is 5. The SMILES string of the molecule is CN(C)S(=O)(=O)c1ccc(NC(=O)/C=C/c2ccc(Cl)c([N+](=O)[O-])c2)cc1. The number of nitro benzene ring substituents is 1. The third-order valence-corrected chi connectivity index (χ3v) is 5.64. The number of hydrogen-bond donors (Lipinski definition) is 1. The van der Waals surface area contributed by atoms with E-state index >= 15 is 0 Å². The van der Waals surface area contributed by atoms with E-state index in [1.165, 1.54) is 62.6 Å². The average Bonchev–Trinajstić information content (AvgIpc) is 2.61. The van der Waals surface area contributed by atoms with E-state index in [0.29, 0.717) is 11.3 Å². The third-order valence-electron chi connectivity index (χ3n) is 3.49. The number of nitrogens with one attached hydrogen (secondary N) is 1. The van der Waals surface area contributed by atoms with Crippen molar-refractivity contribution in [3.05, 3.63) is 69.2 Å². The van der Waals surface area contributed by atoms with Crippen LogP contribution >= 0.6 is 11.6 Å². The Morgan fingerprint density at radius 1 is 1.19 bits per heavy atom. The molecule has 0 fully saturated rings. The van der Waals surface area contributed by atoms with Crippen molar-refractivity contribution in [2.45, 2.75) is 4.90 Å². The standard InChI is InChI=1S/C17H16ClN3O5S/c1-20(2)27(25,26)14-7-5-13(6-8-14)19-17(22)10-4-12-3-9-15(18)16(11-12)21(23)24/h3-11H,1-2H3,(H,19,22)/b10-4+. The summed E-state index contributed by atoms with van der Waals surface area (Å²) in [6.45, 7) is 0. The number of nitro groups is 1. The van der Waals surface area contributed by atoms with Crippen LogP contribution in [0.25, 0.3) is 6.08 Å². The monoisotopic (exact) mass is 409 g/mol. The van der Waals surface area contributed by atoms with Crippen LogP contribution in [0.3, 0.4) is 0 Å². The number of rotatable bonds is 6. The molecule has 0 saturated heterocycles. The molecule has 27 heavy (non-hydrogen) atoms. The average molecular weight is 410 g/mol. The van der Waals surface area contributed by atoms with Gasteiger partial charge in [0.05, 0.1) is 9.82 Å². The molecule has 0 aliphatic carbocycles. The lowest BCUT2D eigenvalue weighted by molar-refractivity contribution is -0.384. The largest absolute Gasteiger partial charge is 0.323 e. The molecule has 2 rings (SSSR count). The molecule has 2 aromatic rings. The van der Waals surface area contributed by atoms with Crippen molar-refractivity contribution in [2.24, 2.45) is 0 Å². The Morgan fingerprint density at radius 2 is 1.81 bits per heavy atom. The molecular formula is C17H16ClN3O5S. The second-order valence-electron chi connectivity index (χ2n) is 5.60.